The predicted octanol–water partition coefficient (Wildman–Crippen LogP) is 1.89. The molecule has 0 bridgehead atoms. The molecule has 26 heavy (non-hydrogen) atoms. The summed E-state index contributed by atoms with van der Waals surface area (Å²) in [5, 5.41) is 2.52. The summed E-state index contributed by atoms with van der Waals surface area (Å²) in [4.78, 5) is 27.6. The largest absolute Gasteiger partial charge is 0.452 e. The zero-order chi connectivity index (χ0) is 19.3. The summed E-state index contributed by atoms with van der Waals surface area (Å²) >= 11 is 3.19. The summed E-state index contributed by atoms with van der Waals surface area (Å²) < 4.78 is 30.6. The van der Waals surface area contributed by atoms with Gasteiger partial charge in [-0.25, -0.2) is 17.5 Å². The third-order valence-electron chi connectivity index (χ3n) is 3.19. The average molecular weight is 442 g/mol. The van der Waals surface area contributed by atoms with Crippen molar-refractivity contribution < 1.29 is 22.7 Å². The van der Waals surface area contributed by atoms with Crippen molar-refractivity contribution in [1.82, 2.24) is 9.29 Å². The van der Waals surface area contributed by atoms with Gasteiger partial charge in [0.1, 0.15) is 0 Å². The van der Waals surface area contributed by atoms with Gasteiger partial charge in [0.05, 0.1) is 10.5 Å². The van der Waals surface area contributed by atoms with Crippen LogP contribution >= 0.6 is 15.9 Å². The molecule has 0 atom stereocenters. The molecule has 1 heterocycles. The van der Waals surface area contributed by atoms with Crippen LogP contribution in [0.3, 0.4) is 0 Å². The smallest absolute Gasteiger partial charge is 0.340 e. The molecule has 1 aromatic heterocycles. The molecule has 0 fully saturated rings. The van der Waals surface area contributed by atoms with Gasteiger partial charge in [-0.05, 0) is 46.3 Å². The third-order valence-corrected chi connectivity index (χ3v) is 5.45. The van der Waals surface area contributed by atoms with Gasteiger partial charge in [-0.15, -0.1) is 0 Å². The Morgan fingerprint density at radius 1 is 1.19 bits per heavy atom. The molecule has 0 aliphatic heterocycles. The van der Waals surface area contributed by atoms with Gasteiger partial charge in [-0.3, -0.25) is 9.78 Å². The Bertz CT molecular complexity index is 914. The van der Waals surface area contributed by atoms with Crippen molar-refractivity contribution in [3.8, 4) is 0 Å². The SMILES string of the molecule is CN(C)S(=O)(=O)c1ccc(NC(=O)COC(=O)c2cncc(Br)c2)cc1. The van der Waals surface area contributed by atoms with Crippen LogP contribution in [0.4, 0.5) is 5.69 Å². The van der Waals surface area contributed by atoms with Crippen LogP contribution in [-0.4, -0.2) is 50.3 Å². The van der Waals surface area contributed by atoms with Crippen LogP contribution in [-0.2, 0) is 19.6 Å². The monoisotopic (exact) mass is 441 g/mol. The van der Waals surface area contributed by atoms with Crippen molar-refractivity contribution in [2.75, 3.05) is 26.0 Å². The van der Waals surface area contributed by atoms with Gasteiger partial charge in [0, 0.05) is 36.6 Å². The van der Waals surface area contributed by atoms with E-state index in [9.17, 15) is 18.0 Å². The molecule has 8 nitrogen and oxygen atoms in total. The molecule has 138 valence electrons. The molecule has 2 rings (SSSR count). The van der Waals surface area contributed by atoms with E-state index in [0.717, 1.165) is 4.31 Å². The summed E-state index contributed by atoms with van der Waals surface area (Å²) in [5.41, 5.74) is 0.596. The number of aromatic nitrogens is 1. The fraction of sp³-hybridized carbons (Fsp3) is 0.188. The first-order chi connectivity index (χ1) is 12.2. The second-order valence-electron chi connectivity index (χ2n) is 5.33. The first-order valence-corrected chi connectivity index (χ1v) is 9.53. The molecular formula is C16H16BrN3O5S. The number of amides is 1. The number of benzene rings is 1. The number of carbonyl (C=O) groups excluding carboxylic acids is 2. The summed E-state index contributed by atoms with van der Waals surface area (Å²) in [5.74, 6) is -1.23. The van der Waals surface area contributed by atoms with E-state index in [-0.39, 0.29) is 10.5 Å². The number of rotatable bonds is 6. The van der Waals surface area contributed by atoms with Gasteiger partial charge in [0.2, 0.25) is 10.0 Å². The van der Waals surface area contributed by atoms with Crippen LogP contribution in [0.15, 0.2) is 52.1 Å². The number of nitrogens with zero attached hydrogens (tertiary/aromatic N) is 2. The second-order valence-corrected chi connectivity index (χ2v) is 8.40. The van der Waals surface area contributed by atoms with E-state index in [1.165, 1.54) is 56.8 Å². The van der Waals surface area contributed by atoms with Gasteiger partial charge in [0.25, 0.3) is 5.91 Å². The molecule has 0 saturated carbocycles. The number of pyridine rings is 1. The van der Waals surface area contributed by atoms with Crippen LogP contribution in [0.2, 0.25) is 0 Å². The van der Waals surface area contributed by atoms with Gasteiger partial charge >= 0.3 is 5.97 Å². The Morgan fingerprint density at radius 2 is 1.85 bits per heavy atom. The molecule has 1 amide bonds. The Balaban J connectivity index is 1.93. The lowest BCUT2D eigenvalue weighted by Crippen LogP contribution is -2.22. The lowest BCUT2D eigenvalue weighted by Gasteiger charge is -2.12. The number of anilines is 1. The van der Waals surface area contributed by atoms with Crippen molar-refractivity contribution in [2.45, 2.75) is 4.90 Å². The van der Waals surface area contributed by atoms with Gasteiger partial charge in [-0.2, -0.15) is 0 Å². The summed E-state index contributed by atoms with van der Waals surface area (Å²) in [6, 6.07) is 7.19. The quantitative estimate of drug-likeness (QED) is 0.685. The van der Waals surface area contributed by atoms with Gasteiger partial charge in [0.15, 0.2) is 6.61 Å². The number of hydrogen-bond donors (Lipinski definition) is 1. The van der Waals surface area contributed by atoms with Crippen LogP contribution in [0.1, 0.15) is 10.4 Å². The highest BCUT2D eigenvalue weighted by molar-refractivity contribution is 9.10. The molecule has 0 aliphatic carbocycles. The standard InChI is InChI=1S/C16H16BrN3O5S/c1-20(2)26(23,24)14-5-3-13(4-6-14)19-15(21)10-25-16(22)11-7-12(17)9-18-8-11/h3-9H,10H2,1-2H3,(H,19,21). The zero-order valence-corrected chi connectivity index (χ0v) is 16.4. The Hall–Kier alpha value is -2.30. The Kier molecular flexibility index (Phi) is 6.46. The van der Waals surface area contributed by atoms with E-state index in [2.05, 4.69) is 26.2 Å². The molecular weight excluding hydrogens is 426 g/mol. The molecule has 1 aromatic carbocycles. The molecule has 0 unspecified atom stereocenters. The van der Waals surface area contributed by atoms with Crippen molar-refractivity contribution in [3.63, 3.8) is 0 Å². The topological polar surface area (TPSA) is 106 Å². The highest BCUT2D eigenvalue weighted by atomic mass is 79.9. The Morgan fingerprint density at radius 3 is 2.42 bits per heavy atom. The van der Waals surface area contributed by atoms with Gasteiger partial charge in [-0.1, -0.05) is 0 Å². The molecule has 0 spiro atoms. The van der Waals surface area contributed by atoms with E-state index in [0.29, 0.717) is 10.2 Å². The van der Waals surface area contributed by atoms with Crippen LogP contribution in [0.5, 0.6) is 0 Å². The van der Waals surface area contributed by atoms with Gasteiger partial charge < -0.3 is 10.1 Å². The molecule has 0 saturated heterocycles. The van der Waals surface area contributed by atoms with E-state index in [1.54, 1.807) is 0 Å². The van der Waals surface area contributed by atoms with E-state index < -0.39 is 28.5 Å². The number of carbonyl (C=O) groups is 2. The maximum Gasteiger partial charge on any atom is 0.340 e. The normalized spacial score (nSPS) is 11.2. The van der Waals surface area contributed by atoms with Crippen LogP contribution in [0, 0.1) is 0 Å². The van der Waals surface area contributed by atoms with Crippen molar-refractivity contribution in [3.05, 3.63) is 52.8 Å². The number of sulfonamides is 1. The summed E-state index contributed by atoms with van der Waals surface area (Å²) in [6.07, 6.45) is 2.85. The lowest BCUT2D eigenvalue weighted by atomic mass is 10.3. The minimum absolute atomic E-state index is 0.106. The molecule has 1 N–H and O–H groups in total. The van der Waals surface area contributed by atoms with E-state index in [4.69, 9.17) is 4.74 Å². The fourth-order valence-electron chi connectivity index (χ4n) is 1.86. The highest BCUT2D eigenvalue weighted by Crippen LogP contribution is 2.16. The van der Waals surface area contributed by atoms with Crippen molar-refractivity contribution in [1.29, 1.82) is 0 Å². The zero-order valence-electron chi connectivity index (χ0n) is 14.0. The minimum Gasteiger partial charge on any atom is -0.452 e. The number of halogens is 1. The summed E-state index contributed by atoms with van der Waals surface area (Å²) in [6.45, 7) is -0.483. The number of esters is 1. The average Bonchev–Trinajstić information content (AvgIpc) is 2.60. The molecule has 0 aliphatic rings. The van der Waals surface area contributed by atoms with Crippen molar-refractivity contribution >= 4 is 43.5 Å². The first kappa shape index (κ1) is 20.0. The maximum atomic E-state index is 12.0. The number of hydrogen-bond acceptors (Lipinski definition) is 6. The molecule has 2 aromatic rings. The third kappa shape index (κ3) is 5.10. The molecule has 10 heteroatoms. The fourth-order valence-corrected chi connectivity index (χ4v) is 3.12. The number of nitrogens with one attached hydrogen (secondary N) is 1. The van der Waals surface area contributed by atoms with Crippen LogP contribution in [0.25, 0.3) is 0 Å². The number of ether oxygens (including phenoxy) is 1. The molecule has 0 radical (unpaired) electrons. The maximum absolute atomic E-state index is 12.0. The predicted molar refractivity (Wildman–Crippen MR) is 98.2 cm³/mol. The first-order valence-electron chi connectivity index (χ1n) is 7.30. The Labute approximate surface area is 159 Å². The summed E-state index contributed by atoms with van der Waals surface area (Å²) in [7, 11) is -0.675. The van der Waals surface area contributed by atoms with E-state index in [1.807, 2.05) is 0 Å². The van der Waals surface area contributed by atoms with E-state index >= 15 is 0 Å². The highest BCUT2D eigenvalue weighted by Gasteiger charge is 2.17. The minimum atomic E-state index is -3.54. The lowest BCUT2D eigenvalue weighted by molar-refractivity contribution is -0.119. The van der Waals surface area contributed by atoms with Crippen molar-refractivity contribution in [2.24, 2.45) is 0 Å². The van der Waals surface area contributed by atoms with Crippen LogP contribution < -0.4 is 5.32 Å². The second kappa shape index (κ2) is 8.39.